The number of hydrogen-bond donors (Lipinski definition) is 0. The van der Waals surface area contributed by atoms with E-state index in [1.54, 1.807) is 0 Å². The highest BCUT2D eigenvalue weighted by atomic mass is 32.1. The van der Waals surface area contributed by atoms with Crippen LogP contribution in [0.4, 0.5) is 5.69 Å². The molecular weight excluding hydrogens is 346 g/mol. The van der Waals surface area contributed by atoms with Gasteiger partial charge in [0.25, 0.3) is 0 Å². The molecule has 0 unspecified atom stereocenters. The van der Waals surface area contributed by atoms with E-state index in [1.165, 1.54) is 50.5 Å². The van der Waals surface area contributed by atoms with Crippen LogP contribution < -0.4 is 0 Å². The molecule has 2 aromatic rings. The van der Waals surface area contributed by atoms with E-state index in [-0.39, 0.29) is 0 Å². The fraction of sp³-hybridized carbons (Fsp3) is 0.400. The molecule has 0 heterocycles. The second-order valence-electron chi connectivity index (χ2n) is 8.02. The molecule has 0 aliphatic heterocycles. The third kappa shape index (κ3) is 5.16. The fourth-order valence-corrected chi connectivity index (χ4v) is 4.32. The Hall–Kier alpha value is -2.20. The molecule has 0 amide bonds. The van der Waals surface area contributed by atoms with E-state index in [0.29, 0.717) is 0 Å². The van der Waals surface area contributed by atoms with Gasteiger partial charge in [-0.15, -0.1) is 0 Å². The molecule has 2 aromatic carbocycles. The Balaban J connectivity index is 1.34. The zero-order chi connectivity index (χ0) is 18.5. The quantitative estimate of drug-likeness (QED) is 0.324. The molecule has 4 rings (SSSR count). The minimum atomic E-state index is 0.747. The van der Waals surface area contributed by atoms with Crippen molar-refractivity contribution in [1.82, 2.24) is 0 Å². The number of nitrogens with zero attached hydrogens (tertiary/aromatic N) is 1. The van der Waals surface area contributed by atoms with Crippen molar-refractivity contribution < 1.29 is 0 Å². The van der Waals surface area contributed by atoms with Crippen molar-refractivity contribution in [2.24, 2.45) is 16.8 Å². The number of thiocarbonyl (C=S) groups is 1. The minimum Gasteiger partial charge on any atom is -0.195 e. The normalized spacial score (nSPS) is 21.6. The number of hydrogen-bond acceptors (Lipinski definition) is 2. The summed E-state index contributed by atoms with van der Waals surface area (Å²) in [5.74, 6) is 9.31. The van der Waals surface area contributed by atoms with Crippen molar-refractivity contribution >= 4 is 23.1 Å². The van der Waals surface area contributed by atoms with Crippen LogP contribution in [0.25, 0.3) is 0 Å². The SMILES string of the molecule is S=C=Nc1ccc(C#Cc2ccc(C3CCC(CC4CC4)CC3)cc2)cc1. The summed E-state index contributed by atoms with van der Waals surface area (Å²) >= 11 is 4.62. The maximum absolute atomic E-state index is 4.62. The van der Waals surface area contributed by atoms with Crippen LogP contribution in [-0.2, 0) is 0 Å². The first-order valence-electron chi connectivity index (χ1n) is 10.1. The van der Waals surface area contributed by atoms with Crippen molar-refractivity contribution in [2.45, 2.75) is 50.9 Å². The van der Waals surface area contributed by atoms with Crippen molar-refractivity contribution in [3.05, 3.63) is 65.2 Å². The molecule has 0 radical (unpaired) electrons. The van der Waals surface area contributed by atoms with E-state index in [1.807, 2.05) is 24.3 Å². The largest absolute Gasteiger partial charge is 0.195 e. The Bertz CT molecular complexity index is 867. The summed E-state index contributed by atoms with van der Waals surface area (Å²) in [6.07, 6.45) is 10.1. The highest BCUT2D eigenvalue weighted by Gasteiger charge is 2.28. The first-order chi connectivity index (χ1) is 13.3. The van der Waals surface area contributed by atoms with Gasteiger partial charge < -0.3 is 0 Å². The standard InChI is InChI=1S/C25H25NS/c27-18-26-25-15-9-20(10-16-25)2-1-19-5-11-23(12-6-19)24-13-7-22(8-14-24)17-21-3-4-21/h5-6,9-12,15-16,21-22,24H,3-4,7-8,13-14,17H2. The van der Waals surface area contributed by atoms with Gasteiger partial charge in [-0.3, -0.25) is 0 Å². The molecule has 0 bridgehead atoms. The van der Waals surface area contributed by atoms with Gasteiger partial charge in [0, 0.05) is 11.1 Å². The molecule has 27 heavy (non-hydrogen) atoms. The summed E-state index contributed by atoms with van der Waals surface area (Å²) in [5.41, 5.74) is 4.36. The maximum atomic E-state index is 4.62. The van der Waals surface area contributed by atoms with Gasteiger partial charge in [-0.05, 0) is 104 Å². The van der Waals surface area contributed by atoms with Crippen LogP contribution >= 0.6 is 12.2 Å². The molecule has 136 valence electrons. The zero-order valence-electron chi connectivity index (χ0n) is 15.7. The minimum absolute atomic E-state index is 0.747. The van der Waals surface area contributed by atoms with Crippen LogP contribution in [0.15, 0.2) is 53.5 Å². The van der Waals surface area contributed by atoms with Gasteiger partial charge >= 0.3 is 0 Å². The van der Waals surface area contributed by atoms with Crippen molar-refractivity contribution in [1.29, 1.82) is 0 Å². The predicted octanol–water partition coefficient (Wildman–Crippen LogP) is 6.89. The van der Waals surface area contributed by atoms with Gasteiger partial charge in [-0.2, -0.15) is 4.99 Å². The van der Waals surface area contributed by atoms with Crippen molar-refractivity contribution in [3.63, 3.8) is 0 Å². The summed E-state index contributed by atoms with van der Waals surface area (Å²) in [7, 11) is 0. The third-order valence-electron chi connectivity index (χ3n) is 5.99. The van der Waals surface area contributed by atoms with Gasteiger partial charge in [0.1, 0.15) is 0 Å². The van der Waals surface area contributed by atoms with Crippen molar-refractivity contribution in [2.75, 3.05) is 0 Å². The van der Waals surface area contributed by atoms with Crippen LogP contribution in [0, 0.1) is 23.7 Å². The highest BCUT2D eigenvalue weighted by molar-refractivity contribution is 7.78. The number of rotatable bonds is 4. The average molecular weight is 372 g/mol. The highest BCUT2D eigenvalue weighted by Crippen LogP contribution is 2.43. The van der Waals surface area contributed by atoms with Crippen LogP contribution in [0.5, 0.6) is 0 Å². The molecular formula is C25H25NS. The Morgan fingerprint density at radius 2 is 1.26 bits per heavy atom. The summed E-state index contributed by atoms with van der Waals surface area (Å²) in [5, 5.41) is 2.38. The Morgan fingerprint density at radius 1 is 0.741 bits per heavy atom. The molecule has 2 heteroatoms. The smallest absolute Gasteiger partial charge is 0.0740 e. The average Bonchev–Trinajstić information content (AvgIpc) is 3.53. The van der Waals surface area contributed by atoms with E-state index in [9.17, 15) is 0 Å². The van der Waals surface area contributed by atoms with E-state index >= 15 is 0 Å². The van der Waals surface area contributed by atoms with Gasteiger partial charge in [0.15, 0.2) is 0 Å². The fourth-order valence-electron chi connectivity index (χ4n) is 4.21. The number of isothiocyanates is 1. The monoisotopic (exact) mass is 371 g/mol. The lowest BCUT2D eigenvalue weighted by Crippen LogP contribution is -2.13. The van der Waals surface area contributed by atoms with Crippen LogP contribution in [0.2, 0.25) is 0 Å². The van der Waals surface area contributed by atoms with E-state index in [2.05, 4.69) is 58.5 Å². The Kier molecular flexibility index (Phi) is 5.83. The Morgan fingerprint density at radius 3 is 1.78 bits per heavy atom. The van der Waals surface area contributed by atoms with Gasteiger partial charge in [-0.1, -0.05) is 36.8 Å². The van der Waals surface area contributed by atoms with E-state index in [4.69, 9.17) is 0 Å². The molecule has 0 atom stereocenters. The molecule has 1 nitrogen and oxygen atoms in total. The van der Waals surface area contributed by atoms with Crippen LogP contribution in [0.3, 0.4) is 0 Å². The molecule has 2 aliphatic carbocycles. The molecule has 0 saturated heterocycles. The lowest BCUT2D eigenvalue weighted by atomic mass is 9.77. The first-order valence-corrected chi connectivity index (χ1v) is 10.5. The summed E-state index contributed by atoms with van der Waals surface area (Å²) in [6.45, 7) is 0. The Labute approximate surface area is 167 Å². The second-order valence-corrected chi connectivity index (χ2v) is 8.20. The van der Waals surface area contributed by atoms with Crippen molar-refractivity contribution in [3.8, 4) is 11.8 Å². The second kappa shape index (κ2) is 8.66. The maximum Gasteiger partial charge on any atom is 0.0740 e. The third-order valence-corrected chi connectivity index (χ3v) is 6.08. The lowest BCUT2D eigenvalue weighted by molar-refractivity contribution is 0.299. The number of aliphatic imine (C=N–C) groups is 1. The first kappa shape index (κ1) is 18.2. The molecule has 2 saturated carbocycles. The molecule has 2 aliphatic rings. The molecule has 0 N–H and O–H groups in total. The topological polar surface area (TPSA) is 12.4 Å². The van der Waals surface area contributed by atoms with Gasteiger partial charge in [-0.25, -0.2) is 0 Å². The molecule has 2 fully saturated rings. The van der Waals surface area contributed by atoms with E-state index < -0.39 is 0 Å². The number of benzene rings is 2. The molecule has 0 aromatic heterocycles. The van der Waals surface area contributed by atoms with Gasteiger partial charge in [0.05, 0.1) is 10.8 Å². The summed E-state index contributed by atoms with van der Waals surface area (Å²) < 4.78 is 0. The van der Waals surface area contributed by atoms with Crippen LogP contribution in [-0.4, -0.2) is 5.16 Å². The lowest BCUT2D eigenvalue weighted by Gasteiger charge is -2.28. The van der Waals surface area contributed by atoms with E-state index in [0.717, 1.165) is 34.6 Å². The van der Waals surface area contributed by atoms with Gasteiger partial charge in [0.2, 0.25) is 0 Å². The predicted molar refractivity (Wildman–Crippen MR) is 116 cm³/mol. The molecule has 0 spiro atoms. The summed E-state index contributed by atoms with van der Waals surface area (Å²) in [4.78, 5) is 3.96. The summed E-state index contributed by atoms with van der Waals surface area (Å²) in [6, 6.07) is 16.7. The van der Waals surface area contributed by atoms with Crippen LogP contribution in [0.1, 0.15) is 67.6 Å². The zero-order valence-corrected chi connectivity index (χ0v) is 16.5.